The van der Waals surface area contributed by atoms with Gasteiger partial charge in [0.2, 0.25) is 17.5 Å². The molecular weight excluding hydrogens is 544 g/mol. The number of Topliss-reactive ketones (excluding diaryl/α,β-unsaturated/α-hetero) is 1. The second-order valence-electron chi connectivity index (χ2n) is 12.2. The SMILES string of the molecule is C[C@@H]1CN(c2ccc(-c3nc4nccc(-c5cccc(CC(=O)c6noc(C(C)(C)C)n6)c5CO)c4[nH]3)cc2)C[C@H](C)O1. The lowest BCUT2D eigenvalue weighted by molar-refractivity contribution is -0.00521. The molecule has 2 N–H and O–H groups in total. The highest BCUT2D eigenvalue weighted by Gasteiger charge is 2.26. The molecular formula is C33H36N6O4. The minimum Gasteiger partial charge on any atom is -0.392 e. The smallest absolute Gasteiger partial charge is 0.238 e. The minimum atomic E-state index is -0.362. The van der Waals surface area contributed by atoms with Crippen molar-refractivity contribution >= 4 is 22.6 Å². The van der Waals surface area contributed by atoms with Crippen molar-refractivity contribution in [3.8, 4) is 22.5 Å². The third kappa shape index (κ3) is 5.80. The number of fused-ring (bicyclic) bond motifs is 1. The van der Waals surface area contributed by atoms with Crippen LogP contribution in [-0.2, 0) is 23.2 Å². The number of nitrogens with one attached hydrogen (secondary N) is 1. The number of aromatic amines is 1. The first-order chi connectivity index (χ1) is 20.6. The third-order valence-corrected chi connectivity index (χ3v) is 7.71. The van der Waals surface area contributed by atoms with Gasteiger partial charge >= 0.3 is 0 Å². The highest BCUT2D eigenvalue weighted by atomic mass is 16.5. The van der Waals surface area contributed by atoms with Gasteiger partial charge in [0.15, 0.2) is 5.65 Å². The standard InChI is InChI=1S/C33H36N6O4/c1-19-16-39(17-20(2)42-19)23-11-9-21(10-12-23)29-35-28-25(13-14-34-31(28)36-29)24-8-6-7-22(26(24)18-40)15-27(41)30-37-32(43-38-30)33(3,4)5/h6-14,19-20,40H,15-18H2,1-5H3,(H,34,35,36)/t19-,20+. The maximum absolute atomic E-state index is 13.1. The molecule has 6 rings (SSSR count). The van der Waals surface area contributed by atoms with Crippen LogP contribution in [0.15, 0.2) is 59.3 Å². The zero-order valence-corrected chi connectivity index (χ0v) is 25.1. The quantitative estimate of drug-likeness (QED) is 0.240. The molecule has 3 aromatic heterocycles. The lowest BCUT2D eigenvalue weighted by atomic mass is 9.93. The molecule has 5 aromatic rings. The van der Waals surface area contributed by atoms with E-state index in [0.29, 0.717) is 28.5 Å². The number of ketones is 1. The van der Waals surface area contributed by atoms with Crippen molar-refractivity contribution in [3.63, 3.8) is 0 Å². The number of morpholine rings is 1. The molecule has 1 aliphatic heterocycles. The molecule has 0 spiro atoms. The lowest BCUT2D eigenvalue weighted by Crippen LogP contribution is -2.45. The monoisotopic (exact) mass is 580 g/mol. The van der Waals surface area contributed by atoms with Crippen LogP contribution in [-0.4, -0.2) is 61.3 Å². The van der Waals surface area contributed by atoms with E-state index in [1.807, 2.05) is 45.0 Å². The highest BCUT2D eigenvalue weighted by molar-refractivity contribution is 5.96. The number of imidazole rings is 1. The van der Waals surface area contributed by atoms with Crippen molar-refractivity contribution in [2.45, 2.75) is 65.3 Å². The fourth-order valence-corrected chi connectivity index (χ4v) is 5.62. The van der Waals surface area contributed by atoms with Gasteiger partial charge in [0, 0.05) is 47.9 Å². The molecule has 1 aliphatic rings. The summed E-state index contributed by atoms with van der Waals surface area (Å²) < 4.78 is 11.2. The largest absolute Gasteiger partial charge is 0.392 e. The second kappa shape index (κ2) is 11.3. The van der Waals surface area contributed by atoms with Crippen molar-refractivity contribution in [1.29, 1.82) is 0 Å². The van der Waals surface area contributed by atoms with Crippen molar-refractivity contribution in [1.82, 2.24) is 25.1 Å². The number of carbonyl (C=O) groups is 1. The van der Waals surface area contributed by atoms with Crippen molar-refractivity contribution in [2.75, 3.05) is 18.0 Å². The third-order valence-electron chi connectivity index (χ3n) is 7.71. The summed E-state index contributed by atoms with van der Waals surface area (Å²) in [4.78, 5) is 32.5. The van der Waals surface area contributed by atoms with Crippen LogP contribution in [0.2, 0.25) is 0 Å². The molecule has 2 aromatic carbocycles. The Morgan fingerprint density at radius 1 is 1.02 bits per heavy atom. The number of rotatable bonds is 7. The van der Waals surface area contributed by atoms with Gasteiger partial charge in [-0.3, -0.25) is 4.79 Å². The number of ether oxygens (including phenoxy) is 1. The highest BCUT2D eigenvalue weighted by Crippen LogP contribution is 2.33. The van der Waals surface area contributed by atoms with E-state index >= 15 is 0 Å². The normalized spacial score (nSPS) is 17.5. The van der Waals surface area contributed by atoms with Gasteiger partial charge in [-0.05, 0) is 60.9 Å². The number of aliphatic hydroxyl groups is 1. The molecule has 0 amide bonds. The van der Waals surface area contributed by atoms with Crippen LogP contribution in [0.25, 0.3) is 33.7 Å². The number of pyridine rings is 1. The number of benzene rings is 2. The molecule has 1 saturated heterocycles. The molecule has 1 fully saturated rings. The van der Waals surface area contributed by atoms with E-state index in [1.165, 1.54) is 0 Å². The molecule has 0 bridgehead atoms. The predicted octanol–water partition coefficient (Wildman–Crippen LogP) is 5.50. The number of nitrogens with zero attached hydrogens (tertiary/aromatic N) is 5. The maximum atomic E-state index is 13.1. The first-order valence-electron chi connectivity index (χ1n) is 14.6. The predicted molar refractivity (Wildman–Crippen MR) is 164 cm³/mol. The second-order valence-corrected chi connectivity index (χ2v) is 12.2. The molecule has 0 aliphatic carbocycles. The summed E-state index contributed by atoms with van der Waals surface area (Å²) in [6.45, 7) is 11.5. The lowest BCUT2D eigenvalue weighted by Gasteiger charge is -2.36. The zero-order chi connectivity index (χ0) is 30.3. The van der Waals surface area contributed by atoms with Crippen LogP contribution in [0.4, 0.5) is 5.69 Å². The first kappa shape index (κ1) is 28.7. The number of hydrogen-bond acceptors (Lipinski definition) is 9. The molecule has 0 unspecified atom stereocenters. The Kier molecular flexibility index (Phi) is 7.57. The average Bonchev–Trinajstić information content (AvgIpc) is 3.65. The fourth-order valence-electron chi connectivity index (χ4n) is 5.62. The number of aromatic nitrogens is 5. The van der Waals surface area contributed by atoms with Crippen molar-refractivity contribution in [2.24, 2.45) is 0 Å². The molecule has 2 atom stereocenters. The van der Waals surface area contributed by atoms with E-state index < -0.39 is 0 Å². The Balaban J connectivity index is 1.29. The van der Waals surface area contributed by atoms with Crippen LogP contribution in [0.5, 0.6) is 0 Å². The van der Waals surface area contributed by atoms with Gasteiger partial charge in [-0.1, -0.05) is 44.1 Å². The van der Waals surface area contributed by atoms with E-state index in [4.69, 9.17) is 14.2 Å². The maximum Gasteiger partial charge on any atom is 0.238 e. The van der Waals surface area contributed by atoms with Gasteiger partial charge in [0.05, 0.1) is 24.3 Å². The molecule has 43 heavy (non-hydrogen) atoms. The van der Waals surface area contributed by atoms with E-state index in [9.17, 15) is 9.90 Å². The number of hydrogen-bond donors (Lipinski definition) is 2. The molecule has 4 heterocycles. The number of carbonyl (C=O) groups excluding carboxylic acids is 1. The average molecular weight is 581 g/mol. The van der Waals surface area contributed by atoms with E-state index in [1.54, 1.807) is 6.20 Å². The van der Waals surface area contributed by atoms with Gasteiger partial charge in [-0.2, -0.15) is 4.98 Å². The van der Waals surface area contributed by atoms with Gasteiger partial charge < -0.3 is 24.3 Å². The molecule has 222 valence electrons. The van der Waals surface area contributed by atoms with Crippen molar-refractivity contribution in [3.05, 3.63) is 77.6 Å². The van der Waals surface area contributed by atoms with Crippen LogP contribution in [0.1, 0.15) is 62.3 Å². The summed E-state index contributed by atoms with van der Waals surface area (Å²) in [5, 5.41) is 14.4. The number of H-pyrrole nitrogens is 1. The summed E-state index contributed by atoms with van der Waals surface area (Å²) in [5.41, 5.74) is 6.03. The number of anilines is 1. The zero-order valence-electron chi connectivity index (χ0n) is 25.1. The van der Waals surface area contributed by atoms with Crippen LogP contribution in [0, 0.1) is 0 Å². The minimum absolute atomic E-state index is 0.0301. The van der Waals surface area contributed by atoms with E-state index in [2.05, 4.69) is 63.1 Å². The topological polar surface area (TPSA) is 130 Å². The Labute approximate surface area is 250 Å². The van der Waals surface area contributed by atoms with Crippen LogP contribution in [0.3, 0.4) is 0 Å². The Morgan fingerprint density at radius 2 is 1.77 bits per heavy atom. The Morgan fingerprint density at radius 3 is 2.44 bits per heavy atom. The summed E-state index contributed by atoms with van der Waals surface area (Å²) in [6.07, 6.45) is 2.11. The van der Waals surface area contributed by atoms with Gasteiger partial charge in [0.1, 0.15) is 5.82 Å². The Bertz CT molecular complexity index is 1760. The van der Waals surface area contributed by atoms with Gasteiger partial charge in [0.25, 0.3) is 0 Å². The van der Waals surface area contributed by atoms with E-state index in [-0.39, 0.29) is 42.3 Å². The van der Waals surface area contributed by atoms with E-state index in [0.717, 1.165) is 41.0 Å². The van der Waals surface area contributed by atoms with Crippen molar-refractivity contribution < 1.29 is 19.2 Å². The van der Waals surface area contributed by atoms with Crippen LogP contribution >= 0.6 is 0 Å². The van der Waals surface area contributed by atoms with Crippen LogP contribution < -0.4 is 4.90 Å². The summed E-state index contributed by atoms with van der Waals surface area (Å²) in [6, 6.07) is 15.9. The Hall–Kier alpha value is -4.41. The molecule has 0 radical (unpaired) electrons. The summed E-state index contributed by atoms with van der Waals surface area (Å²) in [7, 11) is 0. The number of aliphatic hydroxyl groups excluding tert-OH is 1. The first-order valence-corrected chi connectivity index (χ1v) is 14.6. The fraction of sp³-hybridized carbons (Fsp3) is 0.364. The molecule has 10 heteroatoms. The molecule has 10 nitrogen and oxygen atoms in total. The van der Waals surface area contributed by atoms with Gasteiger partial charge in [-0.15, -0.1) is 0 Å². The molecule has 0 saturated carbocycles. The summed E-state index contributed by atoms with van der Waals surface area (Å²) >= 11 is 0. The van der Waals surface area contributed by atoms with Gasteiger partial charge in [-0.25, -0.2) is 9.97 Å². The summed E-state index contributed by atoms with van der Waals surface area (Å²) in [5.74, 6) is 0.863.